The fraction of sp³-hybridized carbons (Fsp3) is 0.407. The summed E-state index contributed by atoms with van der Waals surface area (Å²) in [6.45, 7) is 7.29. The van der Waals surface area contributed by atoms with Gasteiger partial charge >= 0.3 is 12.0 Å². The molecular formula is C27H34N4O5. The number of anilines is 2. The molecule has 9 heteroatoms. The van der Waals surface area contributed by atoms with Crippen molar-refractivity contribution in [3.63, 3.8) is 0 Å². The molecule has 0 fully saturated rings. The average molecular weight is 495 g/mol. The first-order chi connectivity index (χ1) is 17.1. The van der Waals surface area contributed by atoms with E-state index in [1.165, 1.54) is 4.90 Å². The van der Waals surface area contributed by atoms with Gasteiger partial charge in [0.25, 0.3) is 0 Å². The largest absolute Gasteiger partial charge is 0.480 e. The second kappa shape index (κ2) is 11.7. The minimum atomic E-state index is -1.14. The molecule has 0 radical (unpaired) electrons. The van der Waals surface area contributed by atoms with Crippen molar-refractivity contribution in [1.82, 2.24) is 10.6 Å². The number of hydrogen-bond acceptors (Lipinski definition) is 4. The van der Waals surface area contributed by atoms with E-state index >= 15 is 0 Å². The van der Waals surface area contributed by atoms with Gasteiger partial charge in [-0.15, -0.1) is 0 Å². The van der Waals surface area contributed by atoms with E-state index in [9.17, 15) is 24.3 Å². The van der Waals surface area contributed by atoms with Crippen LogP contribution < -0.4 is 20.9 Å². The number of fused-ring (bicyclic) bond motifs is 1. The molecule has 0 saturated heterocycles. The van der Waals surface area contributed by atoms with E-state index < -0.39 is 36.0 Å². The van der Waals surface area contributed by atoms with E-state index in [-0.39, 0.29) is 24.2 Å². The molecule has 2 aromatic rings. The number of benzene rings is 2. The van der Waals surface area contributed by atoms with Crippen molar-refractivity contribution < 1.29 is 24.3 Å². The van der Waals surface area contributed by atoms with Crippen molar-refractivity contribution in [2.75, 3.05) is 10.2 Å². The summed E-state index contributed by atoms with van der Waals surface area (Å²) in [5, 5.41) is 17.9. The number of carboxylic acid groups (broad SMARTS) is 1. The molecule has 1 heterocycles. The van der Waals surface area contributed by atoms with Gasteiger partial charge in [-0.25, -0.2) is 9.59 Å². The van der Waals surface area contributed by atoms with E-state index in [0.717, 1.165) is 5.56 Å². The van der Waals surface area contributed by atoms with Crippen LogP contribution in [0.25, 0.3) is 0 Å². The number of rotatable bonds is 9. The van der Waals surface area contributed by atoms with Crippen LogP contribution in [0, 0.1) is 11.8 Å². The summed E-state index contributed by atoms with van der Waals surface area (Å²) < 4.78 is 0. The van der Waals surface area contributed by atoms with E-state index in [1.54, 1.807) is 31.2 Å². The molecule has 4 atom stereocenters. The minimum Gasteiger partial charge on any atom is -0.480 e. The molecule has 9 nitrogen and oxygen atoms in total. The Morgan fingerprint density at radius 2 is 1.64 bits per heavy atom. The number of urea groups is 1. The number of aliphatic carboxylic acids is 1. The zero-order valence-electron chi connectivity index (χ0n) is 21.0. The van der Waals surface area contributed by atoms with Crippen LogP contribution in [0.3, 0.4) is 0 Å². The quantitative estimate of drug-likeness (QED) is 0.425. The lowest BCUT2D eigenvalue weighted by Gasteiger charge is -2.39. The van der Waals surface area contributed by atoms with Gasteiger partial charge in [0.05, 0.1) is 11.4 Å². The number of carbonyl (C=O) groups is 4. The van der Waals surface area contributed by atoms with Crippen molar-refractivity contribution in [2.45, 2.75) is 58.7 Å². The molecular weight excluding hydrogens is 460 g/mol. The Bertz CT molecular complexity index is 1100. The number of carboxylic acids is 1. The second-order valence-corrected chi connectivity index (χ2v) is 9.47. The van der Waals surface area contributed by atoms with E-state index in [4.69, 9.17) is 0 Å². The molecule has 3 rings (SSSR count). The van der Waals surface area contributed by atoms with Gasteiger partial charge in [-0.2, -0.15) is 0 Å². The summed E-state index contributed by atoms with van der Waals surface area (Å²) in [7, 11) is 0. The first-order valence-corrected chi connectivity index (χ1v) is 12.2. The van der Waals surface area contributed by atoms with Crippen molar-refractivity contribution in [1.29, 1.82) is 0 Å². The molecule has 0 aliphatic carbocycles. The van der Waals surface area contributed by atoms with Gasteiger partial charge in [0, 0.05) is 6.42 Å². The van der Waals surface area contributed by atoms with Gasteiger partial charge < -0.3 is 21.1 Å². The van der Waals surface area contributed by atoms with Crippen molar-refractivity contribution in [3.8, 4) is 0 Å². The van der Waals surface area contributed by atoms with Crippen molar-refractivity contribution in [2.24, 2.45) is 11.8 Å². The zero-order chi connectivity index (χ0) is 26.4. The molecule has 0 unspecified atom stereocenters. The van der Waals surface area contributed by atoms with E-state index in [1.807, 2.05) is 51.1 Å². The highest BCUT2D eigenvalue weighted by Crippen LogP contribution is 2.34. The maximum atomic E-state index is 13.7. The topological polar surface area (TPSA) is 128 Å². The predicted molar refractivity (Wildman–Crippen MR) is 138 cm³/mol. The lowest BCUT2D eigenvalue weighted by Crippen LogP contribution is -2.61. The Kier molecular flexibility index (Phi) is 8.68. The molecule has 0 aromatic heterocycles. The average Bonchev–Trinajstić information content (AvgIpc) is 2.85. The number of carbonyl (C=O) groups excluding carboxylic acids is 3. The molecule has 36 heavy (non-hydrogen) atoms. The van der Waals surface area contributed by atoms with Crippen LogP contribution in [-0.2, 0) is 20.8 Å². The summed E-state index contributed by atoms with van der Waals surface area (Å²) in [6, 6.07) is 12.6. The van der Waals surface area contributed by atoms with E-state index in [0.29, 0.717) is 17.8 Å². The summed E-state index contributed by atoms with van der Waals surface area (Å²) in [5.74, 6) is -2.56. The summed E-state index contributed by atoms with van der Waals surface area (Å²) in [5.41, 5.74) is 1.82. The molecule has 1 aliphatic heterocycles. The highest BCUT2D eigenvalue weighted by Gasteiger charge is 2.40. The van der Waals surface area contributed by atoms with Crippen LogP contribution in [0.2, 0.25) is 0 Å². The van der Waals surface area contributed by atoms with E-state index in [2.05, 4.69) is 16.0 Å². The van der Waals surface area contributed by atoms with Crippen molar-refractivity contribution in [3.05, 3.63) is 60.2 Å². The lowest BCUT2D eigenvalue weighted by atomic mass is 9.97. The predicted octanol–water partition coefficient (Wildman–Crippen LogP) is 3.41. The molecule has 0 bridgehead atoms. The minimum absolute atomic E-state index is 0.152. The van der Waals surface area contributed by atoms with Crippen molar-refractivity contribution >= 4 is 35.2 Å². The number of para-hydroxylation sites is 2. The fourth-order valence-electron chi connectivity index (χ4n) is 4.31. The third-order valence-corrected chi connectivity index (χ3v) is 6.49. The van der Waals surface area contributed by atoms with Crippen LogP contribution in [0.5, 0.6) is 0 Å². The highest BCUT2D eigenvalue weighted by atomic mass is 16.4. The first-order valence-electron chi connectivity index (χ1n) is 12.2. The van der Waals surface area contributed by atoms with Crippen LogP contribution in [0.4, 0.5) is 16.2 Å². The van der Waals surface area contributed by atoms with Gasteiger partial charge in [0.2, 0.25) is 11.8 Å². The third-order valence-electron chi connectivity index (χ3n) is 6.49. The Hall–Kier alpha value is -3.88. The maximum absolute atomic E-state index is 13.7. The summed E-state index contributed by atoms with van der Waals surface area (Å²) in [4.78, 5) is 53.1. The van der Waals surface area contributed by atoms with Crippen LogP contribution >= 0.6 is 0 Å². The molecule has 1 aliphatic rings. The van der Waals surface area contributed by atoms with Gasteiger partial charge in [0.1, 0.15) is 18.1 Å². The van der Waals surface area contributed by atoms with Gasteiger partial charge in [0.15, 0.2) is 0 Å². The Morgan fingerprint density at radius 3 is 2.25 bits per heavy atom. The Morgan fingerprint density at radius 1 is 1.00 bits per heavy atom. The molecule has 0 spiro atoms. The SMILES string of the molecule is CC[C@H](C)[C@H](NC(=O)[C@H](Cc1ccccc1)NC(=O)N1c2ccccc2NC(=O)[C@H]1C(C)C)C(=O)O. The number of hydrogen-bond donors (Lipinski definition) is 4. The lowest BCUT2D eigenvalue weighted by molar-refractivity contribution is -0.143. The number of nitrogens with one attached hydrogen (secondary N) is 3. The maximum Gasteiger partial charge on any atom is 0.326 e. The van der Waals surface area contributed by atoms with Crippen LogP contribution in [0.1, 0.15) is 39.7 Å². The molecule has 192 valence electrons. The number of amides is 4. The van der Waals surface area contributed by atoms with Crippen LogP contribution in [0.15, 0.2) is 54.6 Å². The second-order valence-electron chi connectivity index (χ2n) is 9.47. The van der Waals surface area contributed by atoms with Crippen LogP contribution in [-0.4, -0.2) is 47.0 Å². The standard InChI is InChI=1S/C27H34N4O5/c1-5-17(4)22(26(34)35)30-24(32)20(15-18-11-7-6-8-12-18)29-27(36)31-21-14-10-9-13-19(21)28-25(33)23(31)16(2)3/h6-14,16-17,20,22-23H,5,15H2,1-4H3,(H,28,33)(H,29,36)(H,30,32)(H,34,35)/t17-,20-,22-,23+/m0/s1. The Balaban J connectivity index is 1.93. The molecule has 4 N–H and O–H groups in total. The Labute approximate surface area is 211 Å². The molecule has 2 aromatic carbocycles. The third kappa shape index (κ3) is 6.02. The fourth-order valence-corrected chi connectivity index (χ4v) is 4.31. The molecule has 4 amide bonds. The monoisotopic (exact) mass is 494 g/mol. The zero-order valence-corrected chi connectivity index (χ0v) is 21.0. The first kappa shape index (κ1) is 26.7. The number of nitrogens with zero attached hydrogens (tertiary/aromatic N) is 1. The van der Waals surface area contributed by atoms with Gasteiger partial charge in [-0.1, -0.05) is 76.6 Å². The van der Waals surface area contributed by atoms with Gasteiger partial charge in [-0.3, -0.25) is 14.5 Å². The molecule has 0 saturated carbocycles. The summed E-state index contributed by atoms with van der Waals surface area (Å²) >= 11 is 0. The van der Waals surface area contributed by atoms with Gasteiger partial charge in [-0.05, 0) is 29.5 Å². The normalized spacial score (nSPS) is 17.4. The summed E-state index contributed by atoms with van der Waals surface area (Å²) in [6.07, 6.45) is 0.710. The smallest absolute Gasteiger partial charge is 0.326 e. The highest BCUT2D eigenvalue weighted by molar-refractivity contribution is 6.12.